The van der Waals surface area contributed by atoms with Gasteiger partial charge in [0.1, 0.15) is 0 Å². The van der Waals surface area contributed by atoms with E-state index in [1.54, 1.807) is 0 Å². The van der Waals surface area contributed by atoms with E-state index in [2.05, 4.69) is 22.0 Å². The zero-order chi connectivity index (χ0) is 14.0. The summed E-state index contributed by atoms with van der Waals surface area (Å²) in [5, 5.41) is 11.1. The predicted molar refractivity (Wildman–Crippen MR) is 79.1 cm³/mol. The monoisotopic (exact) mass is 258 g/mol. The molecule has 19 heavy (non-hydrogen) atoms. The molecule has 0 amide bonds. The first-order chi connectivity index (χ1) is 8.85. The Bertz CT molecular complexity index is 572. The molecule has 1 heterocycles. The van der Waals surface area contributed by atoms with Crippen LogP contribution < -0.4 is 0 Å². The second-order valence-corrected chi connectivity index (χ2v) is 5.92. The Morgan fingerprint density at radius 2 is 1.95 bits per heavy atom. The zero-order valence-electron chi connectivity index (χ0n) is 12.1. The molecule has 3 nitrogen and oxygen atoms in total. The van der Waals surface area contributed by atoms with Crippen LogP contribution in [0.5, 0.6) is 0 Å². The number of aliphatic hydroxyl groups is 1. The molecule has 0 radical (unpaired) electrons. The maximum Gasteiger partial charge on any atom is 0.0718 e. The molecule has 0 aliphatic rings. The van der Waals surface area contributed by atoms with Gasteiger partial charge in [-0.05, 0) is 45.5 Å². The highest BCUT2D eigenvalue weighted by molar-refractivity contribution is 5.82. The van der Waals surface area contributed by atoms with E-state index in [0.717, 1.165) is 17.8 Å². The Kier molecular flexibility index (Phi) is 3.88. The number of aryl methyl sites for hydroxylation is 1. The molecule has 0 bridgehead atoms. The van der Waals surface area contributed by atoms with Crippen molar-refractivity contribution in [1.82, 2.24) is 9.88 Å². The van der Waals surface area contributed by atoms with Crippen molar-refractivity contribution in [3.63, 3.8) is 0 Å². The van der Waals surface area contributed by atoms with Crippen molar-refractivity contribution < 1.29 is 5.11 Å². The first-order valence-electron chi connectivity index (χ1n) is 6.61. The summed E-state index contributed by atoms with van der Waals surface area (Å²) in [5.41, 5.74) is 2.65. The number of nitrogens with zero attached hydrogens (tertiary/aromatic N) is 2. The largest absolute Gasteiger partial charge is 0.389 e. The van der Waals surface area contributed by atoms with Crippen molar-refractivity contribution in [3.05, 3.63) is 41.6 Å². The first kappa shape index (κ1) is 14.0. The van der Waals surface area contributed by atoms with Gasteiger partial charge in [0.2, 0.25) is 0 Å². The van der Waals surface area contributed by atoms with Gasteiger partial charge in [0, 0.05) is 24.2 Å². The molecule has 0 spiro atoms. The number of likely N-dealkylation sites (N-methyl/N-ethyl adjacent to an activating group) is 1. The minimum Gasteiger partial charge on any atom is -0.389 e. The minimum atomic E-state index is -0.674. The van der Waals surface area contributed by atoms with Gasteiger partial charge < -0.3 is 5.11 Å². The second kappa shape index (κ2) is 5.27. The van der Waals surface area contributed by atoms with Crippen molar-refractivity contribution in [2.75, 3.05) is 13.6 Å². The number of aromatic nitrogens is 1. The van der Waals surface area contributed by atoms with Crippen LogP contribution in [0, 0.1) is 6.92 Å². The van der Waals surface area contributed by atoms with E-state index in [1.807, 2.05) is 46.0 Å². The van der Waals surface area contributed by atoms with Crippen molar-refractivity contribution in [2.45, 2.75) is 32.9 Å². The van der Waals surface area contributed by atoms with E-state index in [-0.39, 0.29) is 0 Å². The molecule has 102 valence electrons. The number of hydrogen-bond donors (Lipinski definition) is 1. The third-order valence-corrected chi connectivity index (χ3v) is 3.03. The molecule has 0 aliphatic carbocycles. The van der Waals surface area contributed by atoms with E-state index >= 15 is 0 Å². The third-order valence-electron chi connectivity index (χ3n) is 3.03. The highest BCUT2D eigenvalue weighted by Gasteiger charge is 2.16. The maximum atomic E-state index is 9.88. The summed E-state index contributed by atoms with van der Waals surface area (Å²) < 4.78 is 0. The fraction of sp³-hybridized carbons (Fsp3) is 0.438. The third kappa shape index (κ3) is 3.75. The van der Waals surface area contributed by atoms with Crippen LogP contribution >= 0.6 is 0 Å². The van der Waals surface area contributed by atoms with Gasteiger partial charge >= 0.3 is 0 Å². The summed E-state index contributed by atoms with van der Waals surface area (Å²) in [6.45, 7) is 7.14. The Labute approximate surface area is 114 Å². The van der Waals surface area contributed by atoms with E-state index in [0.29, 0.717) is 6.54 Å². The van der Waals surface area contributed by atoms with Crippen LogP contribution in [0.2, 0.25) is 0 Å². The molecule has 0 fully saturated rings. The van der Waals surface area contributed by atoms with Crippen LogP contribution in [0.1, 0.15) is 25.1 Å². The van der Waals surface area contributed by atoms with Gasteiger partial charge in [0.15, 0.2) is 0 Å². The molecule has 0 saturated carbocycles. The zero-order valence-corrected chi connectivity index (χ0v) is 12.1. The van der Waals surface area contributed by atoms with E-state index in [9.17, 15) is 5.11 Å². The van der Waals surface area contributed by atoms with Crippen LogP contribution in [-0.4, -0.2) is 34.2 Å². The summed E-state index contributed by atoms with van der Waals surface area (Å²) >= 11 is 0. The average Bonchev–Trinajstić information content (AvgIpc) is 2.25. The van der Waals surface area contributed by atoms with E-state index in [4.69, 9.17) is 0 Å². The lowest BCUT2D eigenvalue weighted by molar-refractivity contribution is 0.0426. The molecule has 1 aromatic heterocycles. The molecule has 0 aliphatic heterocycles. The van der Waals surface area contributed by atoms with Crippen molar-refractivity contribution in [1.29, 1.82) is 0 Å². The Morgan fingerprint density at radius 1 is 1.26 bits per heavy atom. The standard InChI is InChI=1S/C16H22N2O/c1-12-9-13(10-18(4)11-16(2,3)19)14-7-5-6-8-15(14)17-12/h5-9,19H,10-11H2,1-4H3. The Morgan fingerprint density at radius 3 is 2.63 bits per heavy atom. The number of benzene rings is 1. The number of fused-ring (bicyclic) bond motifs is 1. The molecule has 0 saturated heterocycles. The van der Waals surface area contributed by atoms with Gasteiger partial charge in [0.25, 0.3) is 0 Å². The lowest BCUT2D eigenvalue weighted by atomic mass is 10.1. The second-order valence-electron chi connectivity index (χ2n) is 5.92. The van der Waals surface area contributed by atoms with Crippen LogP contribution in [0.15, 0.2) is 30.3 Å². The number of para-hydroxylation sites is 1. The molecule has 2 aromatic rings. The predicted octanol–water partition coefficient (Wildman–Crippen LogP) is 2.75. The van der Waals surface area contributed by atoms with Gasteiger partial charge in [-0.1, -0.05) is 18.2 Å². The Balaban J connectivity index is 2.29. The lowest BCUT2D eigenvalue weighted by Gasteiger charge is -2.26. The van der Waals surface area contributed by atoms with Crippen LogP contribution in [0.4, 0.5) is 0 Å². The SMILES string of the molecule is Cc1cc(CN(C)CC(C)(C)O)c2ccccc2n1. The van der Waals surface area contributed by atoms with E-state index in [1.165, 1.54) is 10.9 Å². The maximum absolute atomic E-state index is 9.88. The van der Waals surface area contributed by atoms with Gasteiger partial charge in [-0.15, -0.1) is 0 Å². The fourth-order valence-corrected chi connectivity index (χ4v) is 2.53. The molecule has 0 atom stereocenters. The highest BCUT2D eigenvalue weighted by Crippen LogP contribution is 2.20. The quantitative estimate of drug-likeness (QED) is 0.916. The first-order valence-corrected chi connectivity index (χ1v) is 6.61. The van der Waals surface area contributed by atoms with Crippen LogP contribution in [0.25, 0.3) is 10.9 Å². The van der Waals surface area contributed by atoms with Gasteiger partial charge in [-0.25, -0.2) is 0 Å². The number of pyridine rings is 1. The molecular formula is C16H22N2O. The van der Waals surface area contributed by atoms with E-state index < -0.39 is 5.60 Å². The van der Waals surface area contributed by atoms with Gasteiger partial charge in [-0.3, -0.25) is 9.88 Å². The summed E-state index contributed by atoms with van der Waals surface area (Å²) in [6.07, 6.45) is 0. The number of rotatable bonds is 4. The molecule has 2 rings (SSSR count). The summed E-state index contributed by atoms with van der Waals surface area (Å²) in [6, 6.07) is 10.3. The van der Waals surface area contributed by atoms with Crippen molar-refractivity contribution >= 4 is 10.9 Å². The molecular weight excluding hydrogens is 236 g/mol. The molecule has 1 aromatic carbocycles. The highest BCUT2D eigenvalue weighted by atomic mass is 16.3. The van der Waals surface area contributed by atoms with Crippen LogP contribution in [0.3, 0.4) is 0 Å². The summed E-state index contributed by atoms with van der Waals surface area (Å²) in [7, 11) is 2.03. The number of hydrogen-bond acceptors (Lipinski definition) is 3. The van der Waals surface area contributed by atoms with Crippen molar-refractivity contribution in [2.24, 2.45) is 0 Å². The molecule has 1 N–H and O–H groups in total. The lowest BCUT2D eigenvalue weighted by Crippen LogP contribution is -2.35. The summed E-state index contributed by atoms with van der Waals surface area (Å²) in [5.74, 6) is 0. The van der Waals surface area contributed by atoms with Gasteiger partial charge in [0.05, 0.1) is 11.1 Å². The summed E-state index contributed by atoms with van der Waals surface area (Å²) in [4.78, 5) is 6.69. The minimum absolute atomic E-state index is 0.642. The molecule has 3 heteroatoms. The Hall–Kier alpha value is -1.45. The normalized spacial score (nSPS) is 12.3. The van der Waals surface area contributed by atoms with Gasteiger partial charge in [-0.2, -0.15) is 0 Å². The van der Waals surface area contributed by atoms with Crippen LogP contribution in [-0.2, 0) is 6.54 Å². The average molecular weight is 258 g/mol. The molecule has 0 unspecified atom stereocenters. The topological polar surface area (TPSA) is 36.4 Å². The smallest absolute Gasteiger partial charge is 0.0718 e. The van der Waals surface area contributed by atoms with Crippen molar-refractivity contribution in [3.8, 4) is 0 Å². The fourth-order valence-electron chi connectivity index (χ4n) is 2.53.